The Labute approximate surface area is 178 Å². The highest BCUT2D eigenvalue weighted by atomic mass is 32.2. The van der Waals surface area contributed by atoms with Gasteiger partial charge in [0.2, 0.25) is 0 Å². The second kappa shape index (κ2) is 10.1. The molecular formula is C21H31NO7S. The Kier molecular flexibility index (Phi) is 8.59. The van der Waals surface area contributed by atoms with Crippen molar-refractivity contribution in [3.63, 3.8) is 0 Å². The lowest BCUT2D eigenvalue weighted by atomic mass is 10.1. The molecule has 1 amide bonds. The first-order chi connectivity index (χ1) is 13.6. The summed E-state index contributed by atoms with van der Waals surface area (Å²) in [5.41, 5.74) is -1.58. The van der Waals surface area contributed by atoms with Crippen LogP contribution in [0.1, 0.15) is 54.4 Å². The summed E-state index contributed by atoms with van der Waals surface area (Å²) in [6, 6.07) is 6.49. The first-order valence-corrected chi connectivity index (χ1v) is 11.3. The number of Topliss-reactive ketones (excluding diaryl/α,β-unsaturated/α-hetero) is 1. The van der Waals surface area contributed by atoms with Crippen LogP contribution in [0.4, 0.5) is 4.79 Å². The van der Waals surface area contributed by atoms with E-state index >= 15 is 0 Å². The molecule has 8 nitrogen and oxygen atoms in total. The molecule has 0 unspecified atom stereocenters. The Bertz CT molecular complexity index is 850. The van der Waals surface area contributed by atoms with Gasteiger partial charge in [0, 0.05) is 6.42 Å². The van der Waals surface area contributed by atoms with E-state index in [1.165, 1.54) is 12.1 Å². The quantitative estimate of drug-likeness (QED) is 0.616. The molecule has 0 saturated carbocycles. The van der Waals surface area contributed by atoms with Gasteiger partial charge in [-0.3, -0.25) is 4.79 Å². The Morgan fingerprint density at radius 1 is 0.933 bits per heavy atom. The highest BCUT2D eigenvalue weighted by molar-refractivity contribution is 7.92. The van der Waals surface area contributed by atoms with E-state index in [9.17, 15) is 22.8 Å². The number of ketones is 1. The molecule has 1 rings (SSSR count). The first-order valence-electron chi connectivity index (χ1n) is 9.61. The molecule has 30 heavy (non-hydrogen) atoms. The number of hydrogen-bond acceptors (Lipinski definition) is 7. The highest BCUT2D eigenvalue weighted by Crippen LogP contribution is 2.15. The predicted molar refractivity (Wildman–Crippen MR) is 112 cm³/mol. The zero-order valence-electron chi connectivity index (χ0n) is 18.4. The summed E-state index contributed by atoms with van der Waals surface area (Å²) < 4.78 is 35.1. The van der Waals surface area contributed by atoms with E-state index in [0.717, 1.165) is 0 Å². The molecule has 0 aliphatic heterocycles. The molecule has 1 aromatic carbocycles. The van der Waals surface area contributed by atoms with Gasteiger partial charge in [-0.25, -0.2) is 18.0 Å². The Morgan fingerprint density at radius 3 is 1.97 bits per heavy atom. The molecule has 0 aliphatic rings. The third kappa shape index (κ3) is 9.87. The van der Waals surface area contributed by atoms with Crippen molar-refractivity contribution in [1.82, 2.24) is 5.32 Å². The summed E-state index contributed by atoms with van der Waals surface area (Å²) in [6.45, 7) is 10.0. The smallest absolute Gasteiger partial charge is 0.408 e. The van der Waals surface area contributed by atoms with Crippen LogP contribution in [-0.4, -0.2) is 49.3 Å². The largest absolute Gasteiger partial charge is 0.458 e. The van der Waals surface area contributed by atoms with Crippen molar-refractivity contribution in [1.29, 1.82) is 0 Å². The van der Waals surface area contributed by atoms with Crippen molar-refractivity contribution < 1.29 is 32.3 Å². The van der Waals surface area contributed by atoms with Gasteiger partial charge in [-0.15, -0.1) is 0 Å². The molecule has 9 heteroatoms. The van der Waals surface area contributed by atoms with Crippen molar-refractivity contribution in [3.8, 4) is 0 Å². The van der Waals surface area contributed by atoms with Gasteiger partial charge in [0.05, 0.1) is 4.90 Å². The molecular weight excluding hydrogens is 410 g/mol. The third-order valence-electron chi connectivity index (χ3n) is 3.55. The van der Waals surface area contributed by atoms with Gasteiger partial charge in [0.15, 0.2) is 9.84 Å². The summed E-state index contributed by atoms with van der Waals surface area (Å²) in [5.74, 6) is -1.99. The summed E-state index contributed by atoms with van der Waals surface area (Å²) in [4.78, 5) is 36.9. The number of carbonyl (C=O) groups excluding carboxylic acids is 3. The number of rotatable bonds is 8. The van der Waals surface area contributed by atoms with E-state index in [1.54, 1.807) is 59.7 Å². The summed E-state index contributed by atoms with van der Waals surface area (Å²) in [5, 5.41) is 2.41. The van der Waals surface area contributed by atoms with Gasteiger partial charge in [-0.1, -0.05) is 18.2 Å². The predicted octanol–water partition coefficient (Wildman–Crippen LogP) is 3.04. The monoisotopic (exact) mass is 441 g/mol. The maximum Gasteiger partial charge on any atom is 0.408 e. The summed E-state index contributed by atoms with van der Waals surface area (Å²) in [7, 11) is -3.78. The second-order valence-corrected chi connectivity index (χ2v) is 10.9. The highest BCUT2D eigenvalue weighted by Gasteiger charge is 2.30. The van der Waals surface area contributed by atoms with Gasteiger partial charge < -0.3 is 14.8 Å². The number of benzene rings is 1. The molecule has 0 aliphatic carbocycles. The van der Waals surface area contributed by atoms with Crippen LogP contribution in [0, 0.1) is 0 Å². The van der Waals surface area contributed by atoms with Gasteiger partial charge in [-0.2, -0.15) is 0 Å². The van der Waals surface area contributed by atoms with E-state index < -0.39 is 50.7 Å². The summed E-state index contributed by atoms with van der Waals surface area (Å²) >= 11 is 0. The molecule has 0 radical (unpaired) electrons. The standard InChI is InChI=1S/C21H31NO7S/c1-20(2,3)28-18(24)17(22-19(25)29-21(4,5)6)13-12-15(23)14-30(26,27)16-10-8-7-9-11-16/h7-11,17H,12-14H2,1-6H3,(H,22,25)/t17-/m0/s1. The third-order valence-corrected chi connectivity index (χ3v) is 5.24. The zero-order valence-corrected chi connectivity index (χ0v) is 19.2. The zero-order chi connectivity index (χ0) is 23.2. The number of amides is 1. The fourth-order valence-corrected chi connectivity index (χ4v) is 3.68. The molecule has 1 atom stereocenters. The maximum absolute atomic E-state index is 12.5. The molecule has 0 fully saturated rings. The average Bonchev–Trinajstić information content (AvgIpc) is 2.55. The second-order valence-electron chi connectivity index (χ2n) is 8.88. The lowest BCUT2D eigenvalue weighted by Crippen LogP contribution is -2.46. The average molecular weight is 442 g/mol. The van der Waals surface area contributed by atoms with Gasteiger partial charge in [0.25, 0.3) is 0 Å². The number of nitrogens with one attached hydrogen (secondary N) is 1. The molecule has 1 N–H and O–H groups in total. The molecule has 0 bridgehead atoms. The molecule has 0 saturated heterocycles. The van der Waals surface area contributed by atoms with E-state index in [2.05, 4.69) is 5.32 Å². The van der Waals surface area contributed by atoms with Crippen LogP contribution < -0.4 is 5.32 Å². The molecule has 168 valence electrons. The number of esters is 1. The number of sulfone groups is 1. The Hall–Kier alpha value is -2.42. The normalized spacial score (nSPS) is 13.3. The van der Waals surface area contributed by atoms with Crippen molar-refractivity contribution in [3.05, 3.63) is 30.3 Å². The first kappa shape index (κ1) is 25.6. The number of ether oxygens (including phenoxy) is 2. The lowest BCUT2D eigenvalue weighted by molar-refractivity contribution is -0.157. The molecule has 0 spiro atoms. The van der Waals surface area contributed by atoms with Crippen LogP contribution in [0.25, 0.3) is 0 Å². The number of carbonyl (C=O) groups is 3. The van der Waals surface area contributed by atoms with E-state index in [1.807, 2.05) is 0 Å². The van der Waals surface area contributed by atoms with Crippen LogP contribution in [-0.2, 0) is 28.9 Å². The number of hydrogen-bond donors (Lipinski definition) is 1. The van der Waals surface area contributed by atoms with Crippen LogP contribution in [0.5, 0.6) is 0 Å². The van der Waals surface area contributed by atoms with E-state index in [-0.39, 0.29) is 17.7 Å². The van der Waals surface area contributed by atoms with Crippen molar-refractivity contribution >= 4 is 27.7 Å². The van der Waals surface area contributed by atoms with Gasteiger partial charge in [0.1, 0.15) is 28.8 Å². The van der Waals surface area contributed by atoms with Crippen molar-refractivity contribution in [2.45, 2.75) is 76.5 Å². The van der Waals surface area contributed by atoms with E-state index in [4.69, 9.17) is 9.47 Å². The Morgan fingerprint density at radius 2 is 1.47 bits per heavy atom. The Balaban J connectivity index is 2.81. The number of alkyl carbamates (subject to hydrolysis) is 1. The lowest BCUT2D eigenvalue weighted by Gasteiger charge is -2.26. The fraction of sp³-hybridized carbons (Fsp3) is 0.571. The van der Waals surface area contributed by atoms with Gasteiger partial charge >= 0.3 is 12.1 Å². The van der Waals surface area contributed by atoms with Crippen molar-refractivity contribution in [2.75, 3.05) is 5.75 Å². The molecule has 1 aromatic rings. The van der Waals surface area contributed by atoms with E-state index in [0.29, 0.717) is 0 Å². The topological polar surface area (TPSA) is 116 Å². The maximum atomic E-state index is 12.5. The minimum Gasteiger partial charge on any atom is -0.458 e. The minimum absolute atomic E-state index is 0.0499. The van der Waals surface area contributed by atoms with Crippen LogP contribution in [0.15, 0.2) is 35.2 Å². The molecule has 0 heterocycles. The van der Waals surface area contributed by atoms with Crippen LogP contribution in [0.3, 0.4) is 0 Å². The van der Waals surface area contributed by atoms with Crippen LogP contribution >= 0.6 is 0 Å². The fourth-order valence-electron chi connectivity index (χ4n) is 2.37. The SMILES string of the molecule is CC(C)(C)OC(=O)N[C@@H](CCC(=O)CS(=O)(=O)c1ccccc1)C(=O)OC(C)(C)C. The summed E-state index contributed by atoms with van der Waals surface area (Å²) in [6.07, 6.45) is -1.17. The van der Waals surface area contributed by atoms with Crippen LogP contribution in [0.2, 0.25) is 0 Å². The van der Waals surface area contributed by atoms with Crippen molar-refractivity contribution in [2.24, 2.45) is 0 Å². The molecule has 0 aromatic heterocycles. The van der Waals surface area contributed by atoms with Gasteiger partial charge in [-0.05, 0) is 60.1 Å². The minimum atomic E-state index is -3.78.